The summed E-state index contributed by atoms with van der Waals surface area (Å²) < 4.78 is 38.1. The second kappa shape index (κ2) is 7.08. The third-order valence-electron chi connectivity index (χ3n) is 4.62. The van der Waals surface area contributed by atoms with Gasteiger partial charge >= 0.3 is 6.18 Å². The Morgan fingerprint density at radius 3 is 2.36 bits per heavy atom. The summed E-state index contributed by atoms with van der Waals surface area (Å²) in [4.78, 5) is 12.4. The van der Waals surface area contributed by atoms with Gasteiger partial charge in [-0.15, -0.1) is 0 Å². The predicted molar refractivity (Wildman–Crippen MR) is 90.7 cm³/mol. The van der Waals surface area contributed by atoms with Crippen LogP contribution < -0.4 is 5.32 Å². The van der Waals surface area contributed by atoms with Gasteiger partial charge in [-0.1, -0.05) is 42.3 Å². The Hall–Kier alpha value is -2.01. The van der Waals surface area contributed by atoms with Crippen molar-refractivity contribution in [2.45, 2.75) is 37.4 Å². The van der Waals surface area contributed by atoms with E-state index < -0.39 is 11.7 Å². The van der Waals surface area contributed by atoms with Crippen molar-refractivity contribution < 1.29 is 18.0 Å². The van der Waals surface area contributed by atoms with Gasteiger partial charge in [0.15, 0.2) is 0 Å². The van der Waals surface area contributed by atoms with Crippen LogP contribution in [0.15, 0.2) is 48.5 Å². The number of hydrogen-bond donors (Lipinski definition) is 1. The summed E-state index contributed by atoms with van der Waals surface area (Å²) >= 11 is 6.05. The van der Waals surface area contributed by atoms with Crippen LogP contribution in [0, 0.1) is 0 Å². The number of benzene rings is 2. The third-order valence-corrected chi connectivity index (χ3v) is 4.95. The Kier molecular flexibility index (Phi) is 5.04. The highest BCUT2D eigenvalue weighted by Crippen LogP contribution is 2.37. The SMILES string of the molecule is O=C(N[C@H]1CCC[C@@H]1c1ccc(C(F)(F)F)cc1)c1ccccc1Cl. The molecule has 0 bridgehead atoms. The summed E-state index contributed by atoms with van der Waals surface area (Å²) in [5.41, 5.74) is 0.558. The average Bonchev–Trinajstić information content (AvgIpc) is 3.02. The highest BCUT2D eigenvalue weighted by Gasteiger charge is 2.33. The van der Waals surface area contributed by atoms with Gasteiger partial charge in [0.2, 0.25) is 0 Å². The zero-order valence-corrected chi connectivity index (χ0v) is 14.1. The zero-order chi connectivity index (χ0) is 18.0. The molecule has 0 spiro atoms. The van der Waals surface area contributed by atoms with E-state index in [4.69, 9.17) is 11.6 Å². The first-order chi connectivity index (χ1) is 11.9. The van der Waals surface area contributed by atoms with E-state index in [2.05, 4.69) is 5.32 Å². The summed E-state index contributed by atoms with van der Waals surface area (Å²) in [6.07, 6.45) is -1.80. The second-order valence-electron chi connectivity index (χ2n) is 6.22. The lowest BCUT2D eigenvalue weighted by atomic mass is 9.93. The summed E-state index contributed by atoms with van der Waals surface area (Å²) in [5.74, 6) is -0.247. The molecule has 25 heavy (non-hydrogen) atoms. The smallest absolute Gasteiger partial charge is 0.349 e. The van der Waals surface area contributed by atoms with Crippen molar-refractivity contribution in [1.82, 2.24) is 5.32 Å². The van der Waals surface area contributed by atoms with Crippen LogP contribution in [-0.2, 0) is 6.18 Å². The van der Waals surface area contributed by atoms with E-state index in [1.165, 1.54) is 12.1 Å². The number of carbonyl (C=O) groups is 1. The van der Waals surface area contributed by atoms with Gasteiger partial charge in [0.1, 0.15) is 0 Å². The largest absolute Gasteiger partial charge is 0.416 e. The third kappa shape index (κ3) is 3.98. The van der Waals surface area contributed by atoms with Crippen molar-refractivity contribution in [2.24, 2.45) is 0 Å². The number of hydrogen-bond acceptors (Lipinski definition) is 1. The van der Waals surface area contributed by atoms with Gasteiger partial charge in [0.05, 0.1) is 16.1 Å². The molecule has 0 saturated heterocycles. The van der Waals surface area contributed by atoms with Crippen molar-refractivity contribution in [2.75, 3.05) is 0 Å². The van der Waals surface area contributed by atoms with Crippen LogP contribution in [0.25, 0.3) is 0 Å². The van der Waals surface area contributed by atoms with E-state index >= 15 is 0 Å². The first kappa shape index (κ1) is 17.8. The number of rotatable bonds is 3. The first-order valence-corrected chi connectivity index (χ1v) is 8.46. The van der Waals surface area contributed by atoms with E-state index in [9.17, 15) is 18.0 Å². The molecule has 6 heteroatoms. The predicted octanol–water partition coefficient (Wildman–Crippen LogP) is 5.42. The maximum Gasteiger partial charge on any atom is 0.416 e. The summed E-state index contributed by atoms with van der Waals surface area (Å²) in [6, 6.07) is 11.9. The molecule has 1 saturated carbocycles. The minimum atomic E-state index is -4.34. The Labute approximate surface area is 149 Å². The van der Waals surface area contributed by atoms with Crippen molar-refractivity contribution in [1.29, 1.82) is 0 Å². The molecule has 0 aliphatic heterocycles. The van der Waals surface area contributed by atoms with E-state index in [0.717, 1.165) is 37.0 Å². The number of carbonyl (C=O) groups excluding carboxylic acids is 1. The van der Waals surface area contributed by atoms with E-state index in [1.54, 1.807) is 24.3 Å². The van der Waals surface area contributed by atoms with E-state index in [0.29, 0.717) is 10.6 Å². The van der Waals surface area contributed by atoms with Crippen LogP contribution in [0.2, 0.25) is 5.02 Å². The summed E-state index contributed by atoms with van der Waals surface area (Å²) in [6.45, 7) is 0. The number of alkyl halides is 3. The highest BCUT2D eigenvalue weighted by atomic mass is 35.5. The van der Waals surface area contributed by atoms with Gasteiger partial charge in [0, 0.05) is 12.0 Å². The van der Waals surface area contributed by atoms with Gasteiger partial charge in [-0.2, -0.15) is 13.2 Å². The molecule has 132 valence electrons. The molecule has 1 amide bonds. The fraction of sp³-hybridized carbons (Fsp3) is 0.316. The van der Waals surface area contributed by atoms with Crippen LogP contribution in [0.5, 0.6) is 0 Å². The monoisotopic (exact) mass is 367 g/mol. The molecule has 1 N–H and O–H groups in total. The molecule has 2 nitrogen and oxygen atoms in total. The molecule has 1 aliphatic carbocycles. The lowest BCUT2D eigenvalue weighted by molar-refractivity contribution is -0.137. The number of amides is 1. The molecule has 0 unspecified atom stereocenters. The zero-order valence-electron chi connectivity index (χ0n) is 13.3. The highest BCUT2D eigenvalue weighted by molar-refractivity contribution is 6.33. The number of nitrogens with one attached hydrogen (secondary N) is 1. The molecule has 2 aromatic carbocycles. The minimum Gasteiger partial charge on any atom is -0.349 e. The van der Waals surface area contributed by atoms with E-state index in [-0.39, 0.29) is 17.9 Å². The average molecular weight is 368 g/mol. The molecule has 3 rings (SSSR count). The first-order valence-electron chi connectivity index (χ1n) is 8.09. The molecule has 2 atom stereocenters. The molecule has 1 fully saturated rings. The van der Waals surface area contributed by atoms with Gasteiger partial charge in [-0.3, -0.25) is 4.79 Å². The van der Waals surface area contributed by atoms with Gasteiger partial charge in [-0.25, -0.2) is 0 Å². The van der Waals surface area contributed by atoms with Gasteiger partial charge in [0.25, 0.3) is 5.91 Å². The Balaban J connectivity index is 1.75. The van der Waals surface area contributed by atoms with Crippen molar-refractivity contribution >= 4 is 17.5 Å². The topological polar surface area (TPSA) is 29.1 Å². The maximum atomic E-state index is 12.7. The van der Waals surface area contributed by atoms with Crippen LogP contribution in [0.1, 0.15) is 46.7 Å². The molecular formula is C19H17ClF3NO. The van der Waals surface area contributed by atoms with Gasteiger partial charge in [-0.05, 0) is 42.7 Å². The fourth-order valence-electron chi connectivity index (χ4n) is 3.34. The van der Waals surface area contributed by atoms with Crippen molar-refractivity contribution in [3.8, 4) is 0 Å². The molecule has 0 heterocycles. The van der Waals surface area contributed by atoms with Crippen LogP contribution in [0.4, 0.5) is 13.2 Å². The molecule has 0 aromatic heterocycles. The Bertz CT molecular complexity index is 758. The quantitative estimate of drug-likeness (QED) is 0.770. The molecule has 2 aromatic rings. The van der Waals surface area contributed by atoms with Crippen LogP contribution >= 0.6 is 11.6 Å². The maximum absolute atomic E-state index is 12.7. The van der Waals surface area contributed by atoms with Crippen molar-refractivity contribution in [3.05, 3.63) is 70.2 Å². The van der Waals surface area contributed by atoms with Crippen LogP contribution in [0.3, 0.4) is 0 Å². The lowest BCUT2D eigenvalue weighted by Gasteiger charge is -2.22. The van der Waals surface area contributed by atoms with E-state index in [1.807, 2.05) is 0 Å². The second-order valence-corrected chi connectivity index (χ2v) is 6.62. The summed E-state index contributed by atoms with van der Waals surface area (Å²) in [5, 5.41) is 3.36. The van der Waals surface area contributed by atoms with Gasteiger partial charge < -0.3 is 5.32 Å². The molecule has 0 radical (unpaired) electrons. The lowest BCUT2D eigenvalue weighted by Crippen LogP contribution is -2.36. The summed E-state index contributed by atoms with van der Waals surface area (Å²) in [7, 11) is 0. The van der Waals surface area contributed by atoms with Crippen molar-refractivity contribution in [3.63, 3.8) is 0 Å². The normalized spacial score (nSPS) is 20.5. The van der Waals surface area contributed by atoms with Crippen LogP contribution in [-0.4, -0.2) is 11.9 Å². The minimum absolute atomic E-state index is 0.00808. The molecule has 1 aliphatic rings. The molecular weight excluding hydrogens is 351 g/mol. The fourth-order valence-corrected chi connectivity index (χ4v) is 3.56. The Morgan fingerprint density at radius 2 is 1.72 bits per heavy atom. The standard InChI is InChI=1S/C19H17ClF3NO/c20-16-6-2-1-4-15(16)18(25)24-17-7-3-5-14(17)12-8-10-13(11-9-12)19(21,22)23/h1-2,4,6,8-11,14,17H,3,5,7H2,(H,24,25)/t14-,17+/m1/s1. The number of halogens is 4. The Morgan fingerprint density at radius 1 is 1.04 bits per heavy atom.